The van der Waals surface area contributed by atoms with Crippen LogP contribution in [0.1, 0.15) is 5.56 Å². The summed E-state index contributed by atoms with van der Waals surface area (Å²) in [6, 6.07) is 8.76. The number of hydrogen-bond donors (Lipinski definition) is 1. The molecule has 0 bridgehead atoms. The van der Waals surface area contributed by atoms with Gasteiger partial charge in [0.25, 0.3) is 0 Å². The van der Waals surface area contributed by atoms with Gasteiger partial charge in [0.15, 0.2) is 0 Å². The Morgan fingerprint density at radius 3 is 2.75 bits per heavy atom. The van der Waals surface area contributed by atoms with Gasteiger partial charge in [0.1, 0.15) is 5.82 Å². The summed E-state index contributed by atoms with van der Waals surface area (Å²) < 4.78 is 14.3. The second-order valence-corrected chi connectivity index (χ2v) is 5.16. The first kappa shape index (κ1) is 11.6. The molecule has 1 aromatic heterocycles. The van der Waals surface area contributed by atoms with E-state index >= 15 is 0 Å². The minimum Gasteiger partial charge on any atom is -0.316 e. The zero-order valence-electron chi connectivity index (χ0n) is 8.76. The van der Waals surface area contributed by atoms with Gasteiger partial charge in [-0.2, -0.15) is 0 Å². The largest absolute Gasteiger partial charge is 0.316 e. The maximum absolute atomic E-state index is 13.6. The molecule has 1 heterocycles. The molecule has 4 heteroatoms. The third-order valence-corrected chi connectivity index (χ3v) is 3.51. The molecule has 2 aromatic rings. The molecule has 0 amide bonds. The van der Waals surface area contributed by atoms with Crippen molar-refractivity contribution in [3.05, 3.63) is 46.0 Å². The monoisotopic (exact) mass is 255 g/mol. The summed E-state index contributed by atoms with van der Waals surface area (Å²) in [5.41, 5.74) is 1.67. The van der Waals surface area contributed by atoms with E-state index in [9.17, 15) is 4.39 Å². The molecule has 2 rings (SSSR count). The molecule has 0 saturated carbocycles. The maximum Gasteiger partial charge on any atom is 0.131 e. The third-order valence-electron chi connectivity index (χ3n) is 2.25. The van der Waals surface area contributed by atoms with Crippen LogP contribution in [0.3, 0.4) is 0 Å². The van der Waals surface area contributed by atoms with Crippen LogP contribution in [0.15, 0.2) is 30.3 Å². The molecule has 0 radical (unpaired) electrons. The zero-order chi connectivity index (χ0) is 11.5. The second kappa shape index (κ2) is 4.95. The minimum absolute atomic E-state index is 0.210. The van der Waals surface area contributed by atoms with Gasteiger partial charge in [0.05, 0.1) is 4.34 Å². The fourth-order valence-electron chi connectivity index (χ4n) is 1.53. The molecule has 0 atom stereocenters. The molecule has 16 heavy (non-hydrogen) atoms. The predicted octanol–water partition coefficient (Wildman–Crippen LogP) is 3.93. The average Bonchev–Trinajstić information content (AvgIpc) is 2.68. The molecule has 0 unspecified atom stereocenters. The number of benzene rings is 1. The van der Waals surface area contributed by atoms with Gasteiger partial charge in [-0.25, -0.2) is 4.39 Å². The molecule has 0 saturated heterocycles. The summed E-state index contributed by atoms with van der Waals surface area (Å²) in [6.07, 6.45) is 0. The Labute approximate surface area is 103 Å². The van der Waals surface area contributed by atoms with Crippen molar-refractivity contribution in [2.45, 2.75) is 6.54 Å². The smallest absolute Gasteiger partial charge is 0.131 e. The Balaban J connectivity index is 2.42. The molecule has 1 nitrogen and oxygen atoms in total. The molecule has 0 aliphatic heterocycles. The van der Waals surface area contributed by atoms with E-state index in [1.807, 2.05) is 19.2 Å². The van der Waals surface area contributed by atoms with E-state index in [0.29, 0.717) is 9.90 Å². The van der Waals surface area contributed by atoms with Crippen molar-refractivity contribution >= 4 is 22.9 Å². The first-order chi connectivity index (χ1) is 7.70. The quantitative estimate of drug-likeness (QED) is 0.876. The molecule has 1 N–H and O–H groups in total. The second-order valence-electron chi connectivity index (χ2n) is 3.45. The lowest BCUT2D eigenvalue weighted by Gasteiger charge is -2.04. The average molecular weight is 256 g/mol. The minimum atomic E-state index is -0.210. The molecule has 0 aliphatic rings. The highest BCUT2D eigenvalue weighted by molar-refractivity contribution is 7.19. The Hall–Kier alpha value is -0.900. The molecule has 0 spiro atoms. The van der Waals surface area contributed by atoms with E-state index in [1.54, 1.807) is 12.1 Å². The lowest BCUT2D eigenvalue weighted by atomic mass is 10.1. The topological polar surface area (TPSA) is 12.0 Å². The van der Waals surface area contributed by atoms with Crippen LogP contribution in [0.2, 0.25) is 4.34 Å². The molecule has 84 valence electrons. The van der Waals surface area contributed by atoms with Crippen LogP contribution < -0.4 is 5.32 Å². The highest BCUT2D eigenvalue weighted by Gasteiger charge is 2.08. The third kappa shape index (κ3) is 2.43. The number of thiophene rings is 1. The Morgan fingerprint density at radius 1 is 1.31 bits per heavy atom. The molecular weight excluding hydrogens is 245 g/mol. The molecule has 1 aromatic carbocycles. The number of rotatable bonds is 3. The first-order valence-electron chi connectivity index (χ1n) is 4.89. The number of nitrogens with one attached hydrogen (secondary N) is 1. The van der Waals surface area contributed by atoms with Crippen LogP contribution in [-0.4, -0.2) is 7.05 Å². The van der Waals surface area contributed by atoms with Crippen molar-refractivity contribution in [3.8, 4) is 10.4 Å². The lowest BCUT2D eigenvalue weighted by molar-refractivity contribution is 0.630. The van der Waals surface area contributed by atoms with Crippen molar-refractivity contribution < 1.29 is 4.39 Å². The standard InChI is InChI=1S/C12H11ClFNS/c1-15-7-8-2-3-10(14)9(6-8)11-4-5-12(13)16-11/h2-6,15H,7H2,1H3. The van der Waals surface area contributed by atoms with Crippen LogP contribution in [0.5, 0.6) is 0 Å². The van der Waals surface area contributed by atoms with Crippen molar-refractivity contribution in [1.82, 2.24) is 5.32 Å². The summed E-state index contributed by atoms with van der Waals surface area (Å²) in [5.74, 6) is -0.210. The van der Waals surface area contributed by atoms with Gasteiger partial charge in [-0.15, -0.1) is 11.3 Å². The van der Waals surface area contributed by atoms with Crippen molar-refractivity contribution in [2.75, 3.05) is 7.05 Å². The normalized spacial score (nSPS) is 10.7. The van der Waals surface area contributed by atoms with Crippen LogP contribution >= 0.6 is 22.9 Å². The van der Waals surface area contributed by atoms with E-state index in [-0.39, 0.29) is 5.82 Å². The van der Waals surface area contributed by atoms with Gasteiger partial charge in [-0.1, -0.05) is 17.7 Å². The van der Waals surface area contributed by atoms with Gasteiger partial charge < -0.3 is 5.32 Å². The molecule has 0 aliphatic carbocycles. The fraction of sp³-hybridized carbons (Fsp3) is 0.167. The SMILES string of the molecule is CNCc1ccc(F)c(-c2ccc(Cl)s2)c1. The maximum atomic E-state index is 13.6. The van der Waals surface area contributed by atoms with E-state index in [0.717, 1.165) is 17.0 Å². The van der Waals surface area contributed by atoms with Crippen LogP contribution in [0, 0.1) is 5.82 Å². The van der Waals surface area contributed by atoms with E-state index in [4.69, 9.17) is 11.6 Å². The summed E-state index contributed by atoms with van der Waals surface area (Å²) in [4.78, 5) is 0.862. The number of hydrogen-bond acceptors (Lipinski definition) is 2. The summed E-state index contributed by atoms with van der Waals surface area (Å²) in [7, 11) is 1.87. The van der Waals surface area contributed by atoms with Crippen molar-refractivity contribution in [1.29, 1.82) is 0 Å². The fourth-order valence-corrected chi connectivity index (χ4v) is 2.60. The van der Waals surface area contributed by atoms with E-state index < -0.39 is 0 Å². The van der Waals surface area contributed by atoms with Crippen LogP contribution in [0.4, 0.5) is 4.39 Å². The van der Waals surface area contributed by atoms with Gasteiger partial charge in [0.2, 0.25) is 0 Å². The highest BCUT2D eigenvalue weighted by Crippen LogP contribution is 2.33. The lowest BCUT2D eigenvalue weighted by Crippen LogP contribution is -2.05. The van der Waals surface area contributed by atoms with Crippen molar-refractivity contribution in [2.24, 2.45) is 0 Å². The van der Waals surface area contributed by atoms with Gasteiger partial charge >= 0.3 is 0 Å². The molecular formula is C12H11ClFNS. The van der Waals surface area contributed by atoms with Gasteiger partial charge in [-0.05, 0) is 36.9 Å². The van der Waals surface area contributed by atoms with Crippen LogP contribution in [0.25, 0.3) is 10.4 Å². The number of halogens is 2. The molecule has 0 fully saturated rings. The summed E-state index contributed by atoms with van der Waals surface area (Å²) >= 11 is 7.23. The summed E-state index contributed by atoms with van der Waals surface area (Å²) in [6.45, 7) is 0.729. The Morgan fingerprint density at radius 2 is 2.12 bits per heavy atom. The van der Waals surface area contributed by atoms with Crippen LogP contribution in [-0.2, 0) is 6.54 Å². The van der Waals surface area contributed by atoms with E-state index in [2.05, 4.69) is 5.32 Å². The predicted molar refractivity (Wildman–Crippen MR) is 67.5 cm³/mol. The Kier molecular flexibility index (Phi) is 3.59. The van der Waals surface area contributed by atoms with Gasteiger partial charge in [0, 0.05) is 17.0 Å². The summed E-state index contributed by atoms with van der Waals surface area (Å²) in [5, 5.41) is 3.04. The van der Waals surface area contributed by atoms with E-state index in [1.165, 1.54) is 17.4 Å². The highest BCUT2D eigenvalue weighted by atomic mass is 35.5. The Bertz CT molecular complexity index is 496. The zero-order valence-corrected chi connectivity index (χ0v) is 10.3. The van der Waals surface area contributed by atoms with Gasteiger partial charge in [-0.3, -0.25) is 0 Å². The van der Waals surface area contributed by atoms with Crippen molar-refractivity contribution in [3.63, 3.8) is 0 Å². The first-order valence-corrected chi connectivity index (χ1v) is 6.09.